The molecule has 0 spiro atoms. The Balaban J connectivity index is 1.56. The van der Waals surface area contributed by atoms with Crippen molar-refractivity contribution >= 4 is 10.9 Å². The molecular formula is C17H25N3O. The maximum Gasteiger partial charge on any atom is 0.0460 e. The van der Waals surface area contributed by atoms with E-state index in [-0.39, 0.29) is 6.04 Å². The van der Waals surface area contributed by atoms with Crippen LogP contribution < -0.4 is 5.73 Å². The fourth-order valence-corrected chi connectivity index (χ4v) is 3.33. The van der Waals surface area contributed by atoms with Gasteiger partial charge in [0.1, 0.15) is 0 Å². The number of aromatic amines is 1. The van der Waals surface area contributed by atoms with E-state index in [0.29, 0.717) is 12.5 Å². The number of hydrogen-bond acceptors (Lipinski definition) is 3. The zero-order valence-electron chi connectivity index (χ0n) is 12.5. The molecule has 0 unspecified atom stereocenters. The fraction of sp³-hybridized carbons (Fsp3) is 0.529. The Labute approximate surface area is 125 Å². The number of benzene rings is 1. The predicted molar refractivity (Wildman–Crippen MR) is 86.2 cm³/mol. The molecule has 1 aliphatic heterocycles. The Morgan fingerprint density at radius 1 is 1.29 bits per heavy atom. The molecule has 21 heavy (non-hydrogen) atoms. The SMILES string of the molecule is N[C@@H](Cc1c[nH]c2ccccc12)CN1CCC(CO)CC1. The molecule has 1 fully saturated rings. The topological polar surface area (TPSA) is 65.3 Å². The summed E-state index contributed by atoms with van der Waals surface area (Å²) in [7, 11) is 0. The lowest BCUT2D eigenvalue weighted by Crippen LogP contribution is -2.43. The van der Waals surface area contributed by atoms with Gasteiger partial charge in [0, 0.05) is 36.3 Å². The molecule has 2 heterocycles. The number of aromatic nitrogens is 1. The summed E-state index contributed by atoms with van der Waals surface area (Å²) >= 11 is 0. The van der Waals surface area contributed by atoms with Gasteiger partial charge in [-0.25, -0.2) is 0 Å². The maximum absolute atomic E-state index is 9.18. The number of rotatable bonds is 5. The van der Waals surface area contributed by atoms with Crippen LogP contribution in [0.15, 0.2) is 30.5 Å². The molecule has 1 aliphatic rings. The second-order valence-corrected chi connectivity index (χ2v) is 6.25. The Hall–Kier alpha value is -1.36. The van der Waals surface area contributed by atoms with E-state index in [0.717, 1.165) is 38.9 Å². The highest BCUT2D eigenvalue weighted by Gasteiger charge is 2.20. The number of aliphatic hydroxyl groups excluding tert-OH is 1. The van der Waals surface area contributed by atoms with Crippen molar-refractivity contribution in [3.05, 3.63) is 36.0 Å². The number of para-hydroxylation sites is 1. The summed E-state index contributed by atoms with van der Waals surface area (Å²) in [6, 6.07) is 8.54. The molecule has 0 bridgehead atoms. The summed E-state index contributed by atoms with van der Waals surface area (Å²) < 4.78 is 0. The van der Waals surface area contributed by atoms with Gasteiger partial charge in [-0.2, -0.15) is 0 Å². The molecule has 0 aliphatic carbocycles. The number of nitrogens with two attached hydrogens (primary N) is 1. The molecule has 1 atom stereocenters. The van der Waals surface area contributed by atoms with Gasteiger partial charge in [0.2, 0.25) is 0 Å². The lowest BCUT2D eigenvalue weighted by Gasteiger charge is -2.32. The van der Waals surface area contributed by atoms with Gasteiger partial charge in [0.05, 0.1) is 0 Å². The zero-order valence-corrected chi connectivity index (χ0v) is 12.5. The average molecular weight is 287 g/mol. The van der Waals surface area contributed by atoms with Crippen molar-refractivity contribution in [2.75, 3.05) is 26.2 Å². The molecular weight excluding hydrogens is 262 g/mol. The number of nitrogens with zero attached hydrogens (tertiary/aromatic N) is 1. The van der Waals surface area contributed by atoms with E-state index in [2.05, 4.69) is 34.3 Å². The predicted octanol–water partition coefficient (Wildman–Crippen LogP) is 1.74. The molecule has 1 saturated heterocycles. The van der Waals surface area contributed by atoms with Crippen LogP contribution in [-0.2, 0) is 6.42 Å². The molecule has 4 heteroatoms. The van der Waals surface area contributed by atoms with Crippen LogP contribution in [0.1, 0.15) is 18.4 Å². The van der Waals surface area contributed by atoms with Crippen LogP contribution in [0.2, 0.25) is 0 Å². The van der Waals surface area contributed by atoms with Gasteiger partial charge < -0.3 is 20.7 Å². The molecule has 4 N–H and O–H groups in total. The van der Waals surface area contributed by atoms with Gasteiger partial charge in [0.25, 0.3) is 0 Å². The van der Waals surface area contributed by atoms with Crippen LogP contribution >= 0.6 is 0 Å². The van der Waals surface area contributed by atoms with Gasteiger partial charge in [-0.1, -0.05) is 18.2 Å². The van der Waals surface area contributed by atoms with E-state index in [1.54, 1.807) is 0 Å². The lowest BCUT2D eigenvalue weighted by atomic mass is 9.97. The molecule has 0 radical (unpaired) electrons. The second-order valence-electron chi connectivity index (χ2n) is 6.25. The van der Waals surface area contributed by atoms with E-state index < -0.39 is 0 Å². The minimum atomic E-state index is 0.162. The summed E-state index contributed by atoms with van der Waals surface area (Å²) in [5.74, 6) is 0.492. The average Bonchev–Trinajstić information content (AvgIpc) is 2.91. The van der Waals surface area contributed by atoms with Crippen LogP contribution in [0, 0.1) is 5.92 Å². The number of hydrogen-bond donors (Lipinski definition) is 3. The third kappa shape index (κ3) is 3.46. The summed E-state index contributed by atoms with van der Waals surface area (Å²) in [4.78, 5) is 5.75. The van der Waals surface area contributed by atoms with Crippen molar-refractivity contribution in [3.8, 4) is 0 Å². The molecule has 0 saturated carbocycles. The van der Waals surface area contributed by atoms with Crippen molar-refractivity contribution in [3.63, 3.8) is 0 Å². The minimum absolute atomic E-state index is 0.162. The zero-order chi connectivity index (χ0) is 14.7. The van der Waals surface area contributed by atoms with Crippen molar-refractivity contribution in [2.45, 2.75) is 25.3 Å². The van der Waals surface area contributed by atoms with Crippen LogP contribution in [0.4, 0.5) is 0 Å². The van der Waals surface area contributed by atoms with Crippen molar-refractivity contribution in [1.82, 2.24) is 9.88 Å². The van der Waals surface area contributed by atoms with Crippen LogP contribution in [0.25, 0.3) is 10.9 Å². The van der Waals surface area contributed by atoms with Crippen molar-refractivity contribution in [2.24, 2.45) is 11.7 Å². The molecule has 1 aromatic heterocycles. The third-order valence-corrected chi connectivity index (χ3v) is 4.62. The summed E-state index contributed by atoms with van der Waals surface area (Å²) in [5, 5.41) is 10.5. The molecule has 2 aromatic rings. The monoisotopic (exact) mass is 287 g/mol. The number of likely N-dealkylation sites (tertiary alicyclic amines) is 1. The van der Waals surface area contributed by atoms with Crippen molar-refractivity contribution < 1.29 is 5.11 Å². The smallest absolute Gasteiger partial charge is 0.0460 e. The summed E-state index contributed by atoms with van der Waals surface area (Å²) in [6.07, 6.45) is 5.18. The molecule has 0 amide bonds. The number of piperidine rings is 1. The number of aliphatic hydroxyl groups is 1. The Morgan fingerprint density at radius 3 is 2.81 bits per heavy atom. The van der Waals surface area contributed by atoms with E-state index >= 15 is 0 Å². The van der Waals surface area contributed by atoms with Crippen LogP contribution in [-0.4, -0.2) is 47.3 Å². The first kappa shape index (κ1) is 14.6. The van der Waals surface area contributed by atoms with Gasteiger partial charge >= 0.3 is 0 Å². The standard InChI is InChI=1S/C17H25N3O/c18-15(11-20-7-5-13(12-21)6-8-20)9-14-10-19-17-4-2-1-3-16(14)17/h1-4,10,13,15,19,21H,5-9,11-12,18H2/t15-/m0/s1. The first-order chi connectivity index (χ1) is 10.3. The normalized spacial score (nSPS) is 19.1. The Kier molecular flexibility index (Phi) is 4.58. The maximum atomic E-state index is 9.18. The third-order valence-electron chi connectivity index (χ3n) is 4.62. The summed E-state index contributed by atoms with van der Waals surface area (Å²) in [6.45, 7) is 3.40. The highest BCUT2D eigenvalue weighted by atomic mass is 16.3. The van der Waals surface area contributed by atoms with Crippen LogP contribution in [0.3, 0.4) is 0 Å². The first-order valence-electron chi connectivity index (χ1n) is 7.90. The molecule has 1 aromatic carbocycles. The first-order valence-corrected chi connectivity index (χ1v) is 7.90. The van der Waals surface area contributed by atoms with E-state index in [9.17, 15) is 5.11 Å². The largest absolute Gasteiger partial charge is 0.396 e. The quantitative estimate of drug-likeness (QED) is 0.785. The Bertz CT molecular complexity index is 572. The summed E-state index contributed by atoms with van der Waals surface area (Å²) in [5.41, 5.74) is 8.84. The van der Waals surface area contributed by atoms with Gasteiger partial charge in [-0.05, 0) is 49.9 Å². The van der Waals surface area contributed by atoms with Gasteiger partial charge in [0.15, 0.2) is 0 Å². The van der Waals surface area contributed by atoms with Crippen LogP contribution in [0.5, 0.6) is 0 Å². The minimum Gasteiger partial charge on any atom is -0.396 e. The number of nitrogens with one attached hydrogen (secondary N) is 1. The van der Waals surface area contributed by atoms with E-state index in [1.807, 2.05) is 6.07 Å². The number of H-pyrrole nitrogens is 1. The number of fused-ring (bicyclic) bond motifs is 1. The molecule has 4 nitrogen and oxygen atoms in total. The fourth-order valence-electron chi connectivity index (χ4n) is 3.33. The highest BCUT2D eigenvalue weighted by Crippen LogP contribution is 2.20. The van der Waals surface area contributed by atoms with E-state index in [4.69, 9.17) is 5.73 Å². The molecule has 3 rings (SSSR count). The molecule has 114 valence electrons. The van der Waals surface area contributed by atoms with Gasteiger partial charge in [-0.3, -0.25) is 0 Å². The lowest BCUT2D eigenvalue weighted by molar-refractivity contribution is 0.127. The van der Waals surface area contributed by atoms with Crippen molar-refractivity contribution in [1.29, 1.82) is 0 Å². The van der Waals surface area contributed by atoms with Gasteiger partial charge in [-0.15, -0.1) is 0 Å². The Morgan fingerprint density at radius 2 is 2.05 bits per heavy atom. The second kappa shape index (κ2) is 6.60. The highest BCUT2D eigenvalue weighted by molar-refractivity contribution is 5.83. The van der Waals surface area contributed by atoms with E-state index in [1.165, 1.54) is 16.5 Å².